The minimum absolute atomic E-state index is 0.0611. The first-order valence-electron chi connectivity index (χ1n) is 6.87. The minimum Gasteiger partial charge on any atom is -0.381 e. The Morgan fingerprint density at radius 1 is 1.47 bits per heavy atom. The van der Waals surface area contributed by atoms with E-state index in [1.165, 1.54) is 0 Å². The van der Waals surface area contributed by atoms with Crippen LogP contribution in [0.2, 0.25) is 0 Å². The van der Waals surface area contributed by atoms with Gasteiger partial charge in [0.1, 0.15) is 5.69 Å². The van der Waals surface area contributed by atoms with E-state index < -0.39 is 0 Å². The van der Waals surface area contributed by atoms with Crippen LogP contribution in [-0.4, -0.2) is 53.8 Å². The van der Waals surface area contributed by atoms with Crippen molar-refractivity contribution in [2.24, 2.45) is 0 Å². The maximum Gasteiger partial charge on any atom is 0.270 e. The van der Waals surface area contributed by atoms with Gasteiger partial charge in [0.25, 0.3) is 5.91 Å². The summed E-state index contributed by atoms with van der Waals surface area (Å²) in [5.41, 5.74) is 0.439. The Morgan fingerprint density at radius 2 is 2.26 bits per heavy atom. The highest BCUT2D eigenvalue weighted by Crippen LogP contribution is 2.31. The van der Waals surface area contributed by atoms with Crippen molar-refractivity contribution in [2.45, 2.75) is 31.5 Å². The number of ether oxygens (including phenoxy) is 2. The SMILES string of the molecule is C[C@@H]1CN(C(=O)c2ccc[nH]2)CC2(CCOCC2)O1. The van der Waals surface area contributed by atoms with E-state index in [9.17, 15) is 4.79 Å². The predicted molar refractivity (Wildman–Crippen MR) is 70.0 cm³/mol. The Morgan fingerprint density at radius 3 is 2.95 bits per heavy atom. The number of hydrogen-bond acceptors (Lipinski definition) is 3. The Labute approximate surface area is 112 Å². The molecule has 1 aromatic rings. The van der Waals surface area contributed by atoms with E-state index in [-0.39, 0.29) is 17.6 Å². The molecule has 5 nitrogen and oxygen atoms in total. The summed E-state index contributed by atoms with van der Waals surface area (Å²) in [6, 6.07) is 3.67. The van der Waals surface area contributed by atoms with Gasteiger partial charge in [-0.05, 0) is 19.1 Å². The summed E-state index contributed by atoms with van der Waals surface area (Å²) in [5, 5.41) is 0. The molecule has 2 saturated heterocycles. The number of hydrogen-bond donors (Lipinski definition) is 1. The van der Waals surface area contributed by atoms with Crippen molar-refractivity contribution in [3.05, 3.63) is 24.0 Å². The Kier molecular flexibility index (Phi) is 3.33. The Balaban J connectivity index is 1.77. The fraction of sp³-hybridized carbons (Fsp3) is 0.643. The van der Waals surface area contributed by atoms with E-state index in [0.717, 1.165) is 26.1 Å². The molecule has 3 heterocycles. The first kappa shape index (κ1) is 12.7. The topological polar surface area (TPSA) is 54.6 Å². The minimum atomic E-state index is -0.210. The van der Waals surface area contributed by atoms with Gasteiger partial charge in [-0.1, -0.05) is 0 Å². The average Bonchev–Trinajstić information content (AvgIpc) is 2.91. The van der Waals surface area contributed by atoms with Crippen LogP contribution in [0.4, 0.5) is 0 Å². The van der Waals surface area contributed by atoms with E-state index in [0.29, 0.717) is 18.8 Å². The third kappa shape index (κ3) is 2.53. The number of H-pyrrole nitrogens is 1. The van der Waals surface area contributed by atoms with Gasteiger partial charge in [-0.2, -0.15) is 0 Å². The van der Waals surface area contributed by atoms with Crippen molar-refractivity contribution in [1.82, 2.24) is 9.88 Å². The number of morpholine rings is 1. The molecule has 3 rings (SSSR count). The molecule has 104 valence electrons. The summed E-state index contributed by atoms with van der Waals surface area (Å²) in [5.74, 6) is 0.0611. The van der Waals surface area contributed by atoms with Crippen LogP contribution >= 0.6 is 0 Å². The van der Waals surface area contributed by atoms with Gasteiger partial charge in [-0.25, -0.2) is 0 Å². The van der Waals surface area contributed by atoms with Gasteiger partial charge < -0.3 is 19.4 Å². The van der Waals surface area contributed by atoms with Gasteiger partial charge in [-0.3, -0.25) is 4.79 Å². The van der Waals surface area contributed by atoms with Gasteiger partial charge in [0, 0.05) is 38.8 Å². The summed E-state index contributed by atoms with van der Waals surface area (Å²) >= 11 is 0. The zero-order chi connectivity index (χ0) is 13.3. The molecule has 2 aliphatic rings. The smallest absolute Gasteiger partial charge is 0.270 e. The summed E-state index contributed by atoms with van der Waals surface area (Å²) < 4.78 is 11.5. The van der Waals surface area contributed by atoms with E-state index in [1.54, 1.807) is 6.20 Å². The molecule has 5 heteroatoms. The van der Waals surface area contributed by atoms with Crippen molar-refractivity contribution >= 4 is 5.91 Å². The molecule has 2 fully saturated rings. The van der Waals surface area contributed by atoms with Gasteiger partial charge in [-0.15, -0.1) is 0 Å². The van der Waals surface area contributed by atoms with E-state index in [4.69, 9.17) is 9.47 Å². The lowest BCUT2D eigenvalue weighted by atomic mass is 9.91. The third-order valence-electron chi connectivity index (χ3n) is 3.93. The average molecular weight is 264 g/mol. The predicted octanol–water partition coefficient (Wildman–Crippen LogP) is 1.42. The van der Waals surface area contributed by atoms with Crippen LogP contribution in [0.25, 0.3) is 0 Å². The molecule has 1 spiro atoms. The lowest BCUT2D eigenvalue weighted by molar-refractivity contribution is -0.176. The van der Waals surface area contributed by atoms with E-state index in [2.05, 4.69) is 4.98 Å². The summed E-state index contributed by atoms with van der Waals surface area (Å²) in [6.45, 7) is 4.79. The molecule has 1 aromatic heterocycles. The van der Waals surface area contributed by atoms with Gasteiger partial charge in [0.2, 0.25) is 0 Å². The van der Waals surface area contributed by atoms with Crippen molar-refractivity contribution in [3.8, 4) is 0 Å². The maximum atomic E-state index is 12.4. The van der Waals surface area contributed by atoms with Crippen molar-refractivity contribution in [1.29, 1.82) is 0 Å². The van der Waals surface area contributed by atoms with Crippen LogP contribution in [0.1, 0.15) is 30.3 Å². The van der Waals surface area contributed by atoms with Crippen molar-refractivity contribution < 1.29 is 14.3 Å². The van der Waals surface area contributed by atoms with Crippen LogP contribution < -0.4 is 0 Å². The highest BCUT2D eigenvalue weighted by atomic mass is 16.5. The fourth-order valence-corrected chi connectivity index (χ4v) is 3.03. The summed E-state index contributed by atoms with van der Waals surface area (Å²) in [4.78, 5) is 17.3. The third-order valence-corrected chi connectivity index (χ3v) is 3.93. The summed E-state index contributed by atoms with van der Waals surface area (Å²) in [6.07, 6.45) is 3.59. The van der Waals surface area contributed by atoms with E-state index in [1.807, 2.05) is 24.0 Å². The maximum absolute atomic E-state index is 12.4. The molecule has 1 amide bonds. The molecular formula is C14H20N2O3. The van der Waals surface area contributed by atoms with Crippen LogP contribution in [0.5, 0.6) is 0 Å². The second kappa shape index (κ2) is 4.98. The number of carbonyl (C=O) groups is 1. The lowest BCUT2D eigenvalue weighted by Gasteiger charge is -2.47. The number of amides is 1. The molecule has 0 unspecified atom stereocenters. The van der Waals surface area contributed by atoms with Gasteiger partial charge in [0.15, 0.2) is 0 Å². The molecule has 0 radical (unpaired) electrons. The molecule has 0 bridgehead atoms. The lowest BCUT2D eigenvalue weighted by Crippen LogP contribution is -2.58. The highest BCUT2D eigenvalue weighted by Gasteiger charge is 2.42. The van der Waals surface area contributed by atoms with Crippen LogP contribution in [0.3, 0.4) is 0 Å². The van der Waals surface area contributed by atoms with Gasteiger partial charge >= 0.3 is 0 Å². The zero-order valence-electron chi connectivity index (χ0n) is 11.2. The number of nitrogens with one attached hydrogen (secondary N) is 1. The Bertz CT molecular complexity index is 438. The van der Waals surface area contributed by atoms with Crippen molar-refractivity contribution in [3.63, 3.8) is 0 Å². The van der Waals surface area contributed by atoms with Crippen LogP contribution in [-0.2, 0) is 9.47 Å². The highest BCUT2D eigenvalue weighted by molar-refractivity contribution is 5.92. The first-order chi connectivity index (χ1) is 9.19. The molecule has 0 saturated carbocycles. The molecular weight excluding hydrogens is 244 g/mol. The van der Waals surface area contributed by atoms with Crippen LogP contribution in [0.15, 0.2) is 18.3 Å². The Hall–Kier alpha value is -1.33. The first-order valence-corrected chi connectivity index (χ1v) is 6.87. The molecule has 19 heavy (non-hydrogen) atoms. The standard InChI is InChI=1S/C14H20N2O3/c1-11-9-16(13(17)12-3-2-6-15-12)10-14(19-11)4-7-18-8-5-14/h2-3,6,11,15H,4-5,7-10H2,1H3/t11-/m1/s1. The number of aromatic nitrogens is 1. The number of aromatic amines is 1. The second-order valence-corrected chi connectivity index (χ2v) is 5.49. The molecule has 0 aromatic carbocycles. The van der Waals surface area contributed by atoms with Crippen molar-refractivity contribution in [2.75, 3.05) is 26.3 Å². The monoisotopic (exact) mass is 264 g/mol. The molecule has 0 aliphatic carbocycles. The molecule has 2 aliphatic heterocycles. The number of rotatable bonds is 1. The van der Waals surface area contributed by atoms with Gasteiger partial charge in [0.05, 0.1) is 18.2 Å². The largest absolute Gasteiger partial charge is 0.381 e. The second-order valence-electron chi connectivity index (χ2n) is 5.49. The normalized spacial score (nSPS) is 26.6. The quantitative estimate of drug-likeness (QED) is 0.834. The zero-order valence-corrected chi connectivity index (χ0v) is 11.2. The number of nitrogens with zero attached hydrogens (tertiary/aromatic N) is 1. The fourth-order valence-electron chi connectivity index (χ4n) is 3.03. The van der Waals surface area contributed by atoms with Crippen LogP contribution in [0, 0.1) is 0 Å². The molecule has 1 atom stereocenters. The number of carbonyl (C=O) groups excluding carboxylic acids is 1. The molecule has 1 N–H and O–H groups in total. The summed E-state index contributed by atoms with van der Waals surface area (Å²) in [7, 11) is 0. The van der Waals surface area contributed by atoms with E-state index >= 15 is 0 Å².